The van der Waals surface area contributed by atoms with Crippen LogP contribution in [-0.2, 0) is 12.8 Å². The predicted octanol–water partition coefficient (Wildman–Crippen LogP) is 3.07. The Labute approximate surface area is 149 Å². The van der Waals surface area contributed by atoms with Gasteiger partial charge in [-0.15, -0.1) is 0 Å². The van der Waals surface area contributed by atoms with Crippen LogP contribution >= 0.6 is 27.5 Å². The molecule has 0 fully saturated rings. The minimum absolute atomic E-state index is 0.0174. The van der Waals surface area contributed by atoms with Gasteiger partial charge >= 0.3 is 0 Å². The maximum Gasteiger partial charge on any atom is 0.255 e. The number of carbonyl (C=O) groups excluding carboxylic acids is 1. The summed E-state index contributed by atoms with van der Waals surface area (Å²) in [6, 6.07) is 5.35. The van der Waals surface area contributed by atoms with Gasteiger partial charge in [0.15, 0.2) is 5.72 Å². The van der Waals surface area contributed by atoms with Gasteiger partial charge in [-0.2, -0.15) is 5.10 Å². The average molecular weight is 411 g/mol. The number of aliphatic hydroxyl groups is 1. The molecule has 2 aromatic carbocycles. The van der Waals surface area contributed by atoms with Gasteiger partial charge in [-0.05, 0) is 24.3 Å². The highest BCUT2D eigenvalue weighted by Crippen LogP contribution is 2.44. The second-order valence-electron chi connectivity index (χ2n) is 5.63. The molecule has 0 bridgehead atoms. The summed E-state index contributed by atoms with van der Waals surface area (Å²) in [6.45, 7) is 0. The Kier molecular flexibility index (Phi) is 3.25. The smallest absolute Gasteiger partial charge is 0.255 e. The molecule has 1 atom stereocenters. The van der Waals surface area contributed by atoms with Crippen LogP contribution in [0.1, 0.15) is 21.5 Å². The van der Waals surface area contributed by atoms with E-state index >= 15 is 0 Å². The molecule has 1 amide bonds. The van der Waals surface area contributed by atoms with Crippen LogP contribution in [0, 0.1) is 5.82 Å². The van der Waals surface area contributed by atoms with Crippen molar-refractivity contribution in [1.82, 2.24) is 15.1 Å². The molecule has 0 saturated heterocycles. The molecule has 0 aliphatic carbocycles. The first-order chi connectivity index (χ1) is 11.3. The third kappa shape index (κ3) is 2.02. The molecule has 1 aliphatic heterocycles. The molecule has 1 aliphatic rings. The molecule has 0 spiro atoms. The normalized spacial score (nSPS) is 19.6. The highest BCUT2D eigenvalue weighted by Gasteiger charge is 2.47. The number of hydrogen-bond acceptors (Lipinski definition) is 3. The van der Waals surface area contributed by atoms with E-state index in [0.29, 0.717) is 26.5 Å². The Bertz CT molecular complexity index is 1040. The van der Waals surface area contributed by atoms with Crippen LogP contribution in [0.25, 0.3) is 10.9 Å². The molecular weight excluding hydrogens is 401 g/mol. The molecule has 3 aromatic rings. The molecule has 2 heterocycles. The van der Waals surface area contributed by atoms with E-state index in [2.05, 4.69) is 26.3 Å². The number of nitrogens with one attached hydrogen (secondary N) is 1. The van der Waals surface area contributed by atoms with Crippen molar-refractivity contribution in [1.29, 1.82) is 0 Å². The molecule has 0 saturated carbocycles. The standard InChI is InChI=1S/C16H10BrClFN3O2/c1-22-6-8-12(21-22)5-10(17)14-13(8)15(23)20-16(14,24)9-3-2-7(19)4-11(9)18/h2-6,24H,1H3,(H,20,23). The molecular formula is C16H10BrClFN3O2. The van der Waals surface area contributed by atoms with Crippen LogP contribution in [0.15, 0.2) is 34.9 Å². The van der Waals surface area contributed by atoms with Crippen LogP contribution in [0.3, 0.4) is 0 Å². The number of fused-ring (bicyclic) bond motifs is 3. The van der Waals surface area contributed by atoms with Gasteiger partial charge in [0, 0.05) is 34.2 Å². The fraction of sp³-hybridized carbons (Fsp3) is 0.125. The Balaban J connectivity index is 2.07. The van der Waals surface area contributed by atoms with Gasteiger partial charge in [0.1, 0.15) is 5.82 Å². The first kappa shape index (κ1) is 15.6. The summed E-state index contributed by atoms with van der Waals surface area (Å²) in [5, 5.41) is 18.7. The van der Waals surface area contributed by atoms with E-state index in [4.69, 9.17) is 11.6 Å². The first-order valence-corrected chi connectivity index (χ1v) is 8.15. The second kappa shape index (κ2) is 5.02. The fourth-order valence-electron chi connectivity index (χ4n) is 3.11. The maximum absolute atomic E-state index is 13.3. The van der Waals surface area contributed by atoms with Gasteiger partial charge < -0.3 is 10.4 Å². The van der Waals surface area contributed by atoms with Crippen LogP contribution in [-0.4, -0.2) is 20.8 Å². The number of halogens is 3. The van der Waals surface area contributed by atoms with Crippen LogP contribution in [0.2, 0.25) is 5.02 Å². The zero-order valence-electron chi connectivity index (χ0n) is 12.3. The molecule has 4 rings (SSSR count). The number of aryl methyl sites for hydroxylation is 1. The lowest BCUT2D eigenvalue weighted by molar-refractivity contribution is 0.0472. The topological polar surface area (TPSA) is 67.2 Å². The number of rotatable bonds is 1. The summed E-state index contributed by atoms with van der Waals surface area (Å²) in [5.74, 6) is -0.981. The Hall–Kier alpha value is -1.96. The molecule has 8 heteroatoms. The van der Waals surface area contributed by atoms with Crippen molar-refractivity contribution >= 4 is 44.3 Å². The Morgan fingerprint density at radius 2 is 2.17 bits per heavy atom. The van der Waals surface area contributed by atoms with Crippen molar-refractivity contribution in [2.24, 2.45) is 7.05 Å². The van der Waals surface area contributed by atoms with E-state index in [1.165, 1.54) is 12.1 Å². The van der Waals surface area contributed by atoms with Crippen LogP contribution < -0.4 is 5.32 Å². The van der Waals surface area contributed by atoms with Crippen molar-refractivity contribution in [3.05, 3.63) is 62.5 Å². The third-order valence-corrected chi connectivity index (χ3v) is 5.02. The summed E-state index contributed by atoms with van der Waals surface area (Å²) in [7, 11) is 1.75. The van der Waals surface area contributed by atoms with E-state index < -0.39 is 17.4 Å². The van der Waals surface area contributed by atoms with E-state index in [9.17, 15) is 14.3 Å². The second-order valence-corrected chi connectivity index (χ2v) is 6.89. The molecule has 0 radical (unpaired) electrons. The minimum Gasteiger partial charge on any atom is -0.363 e. The van der Waals surface area contributed by atoms with Crippen molar-refractivity contribution in [3.8, 4) is 0 Å². The molecule has 2 N–H and O–H groups in total. The van der Waals surface area contributed by atoms with E-state index in [1.807, 2.05) is 0 Å². The maximum atomic E-state index is 13.3. The lowest BCUT2D eigenvalue weighted by Crippen LogP contribution is -2.40. The number of nitrogens with zero attached hydrogens (tertiary/aromatic N) is 2. The number of amides is 1. The fourth-order valence-corrected chi connectivity index (χ4v) is 4.12. The van der Waals surface area contributed by atoms with Gasteiger partial charge in [0.25, 0.3) is 5.91 Å². The van der Waals surface area contributed by atoms with Crippen molar-refractivity contribution in [2.45, 2.75) is 5.72 Å². The highest BCUT2D eigenvalue weighted by molar-refractivity contribution is 9.10. The Morgan fingerprint density at radius 1 is 1.42 bits per heavy atom. The monoisotopic (exact) mass is 409 g/mol. The Morgan fingerprint density at radius 3 is 2.88 bits per heavy atom. The minimum atomic E-state index is -1.86. The van der Waals surface area contributed by atoms with Crippen molar-refractivity contribution < 1.29 is 14.3 Å². The lowest BCUT2D eigenvalue weighted by atomic mass is 9.93. The van der Waals surface area contributed by atoms with Crippen molar-refractivity contribution in [2.75, 3.05) is 0 Å². The summed E-state index contributed by atoms with van der Waals surface area (Å²) in [4.78, 5) is 12.6. The van der Waals surface area contributed by atoms with Crippen molar-refractivity contribution in [3.63, 3.8) is 0 Å². The zero-order chi connectivity index (χ0) is 17.2. The molecule has 1 unspecified atom stereocenters. The molecule has 122 valence electrons. The largest absolute Gasteiger partial charge is 0.363 e. The predicted molar refractivity (Wildman–Crippen MR) is 90.3 cm³/mol. The van der Waals surface area contributed by atoms with Gasteiger partial charge in [-0.25, -0.2) is 4.39 Å². The summed E-state index contributed by atoms with van der Waals surface area (Å²) in [6.07, 6.45) is 1.71. The van der Waals surface area contributed by atoms with E-state index in [0.717, 1.165) is 6.07 Å². The molecule has 24 heavy (non-hydrogen) atoms. The van der Waals surface area contributed by atoms with Crippen LogP contribution in [0.4, 0.5) is 4.39 Å². The number of benzene rings is 2. The van der Waals surface area contributed by atoms with Gasteiger partial charge in [0.2, 0.25) is 0 Å². The quantitative estimate of drug-likeness (QED) is 0.648. The molecule has 5 nitrogen and oxygen atoms in total. The summed E-state index contributed by atoms with van der Waals surface area (Å²) in [5.41, 5.74) is -0.397. The lowest BCUT2D eigenvalue weighted by Gasteiger charge is -2.26. The van der Waals surface area contributed by atoms with Crippen LogP contribution in [0.5, 0.6) is 0 Å². The van der Waals surface area contributed by atoms with E-state index in [1.54, 1.807) is 24.0 Å². The SMILES string of the molecule is Cn1cc2c3c(c(Br)cc2n1)C(O)(c1ccc(F)cc1Cl)NC3=O. The zero-order valence-corrected chi connectivity index (χ0v) is 14.6. The number of aromatic nitrogens is 2. The number of carbonyl (C=O) groups is 1. The summed E-state index contributed by atoms with van der Waals surface area (Å²) < 4.78 is 15.4. The van der Waals surface area contributed by atoms with Gasteiger partial charge in [-0.1, -0.05) is 27.5 Å². The summed E-state index contributed by atoms with van der Waals surface area (Å²) >= 11 is 9.50. The number of hydrogen-bond donors (Lipinski definition) is 2. The molecule has 1 aromatic heterocycles. The van der Waals surface area contributed by atoms with E-state index in [-0.39, 0.29) is 10.6 Å². The average Bonchev–Trinajstić information content (AvgIpc) is 2.96. The van der Waals surface area contributed by atoms with Gasteiger partial charge in [-0.3, -0.25) is 9.48 Å². The third-order valence-electron chi connectivity index (χ3n) is 4.08. The van der Waals surface area contributed by atoms with Gasteiger partial charge in [0.05, 0.1) is 16.1 Å². The highest BCUT2D eigenvalue weighted by atomic mass is 79.9. The first-order valence-electron chi connectivity index (χ1n) is 6.98.